The maximum absolute atomic E-state index is 14.0. The Hall–Kier alpha value is -3.81. The molecule has 0 radical (unpaired) electrons. The minimum absolute atomic E-state index is 0.0634. The Morgan fingerprint density at radius 1 is 0.886 bits per heavy atom. The molecule has 0 aliphatic heterocycles. The number of benzene rings is 4. The van der Waals surface area contributed by atoms with Gasteiger partial charge < -0.3 is 14.6 Å². The second-order valence-electron chi connectivity index (χ2n) is 8.29. The number of fused-ring (bicyclic) bond motifs is 4. The SMILES string of the molecule is COc1cc2c(cc1OC)[n+](CCO)c1c3cccc4c(Sc5ccccc5)ccc(c(=O)n21)c43. The molecule has 6 rings (SSSR count). The predicted octanol–water partition coefficient (Wildman–Crippen LogP) is 4.65. The number of aromatic nitrogens is 2. The fourth-order valence-corrected chi connectivity index (χ4v) is 5.93. The zero-order chi connectivity index (χ0) is 24.1. The summed E-state index contributed by atoms with van der Waals surface area (Å²) in [6.45, 7) is 0.276. The van der Waals surface area contributed by atoms with Gasteiger partial charge in [0.05, 0.1) is 31.6 Å². The zero-order valence-electron chi connectivity index (χ0n) is 19.3. The fourth-order valence-electron chi connectivity index (χ4n) is 4.97. The number of ether oxygens (including phenoxy) is 2. The summed E-state index contributed by atoms with van der Waals surface area (Å²) in [5, 5.41) is 13.5. The van der Waals surface area contributed by atoms with Gasteiger partial charge in [-0.25, -0.2) is 9.36 Å². The van der Waals surface area contributed by atoms with Gasteiger partial charge in [-0.2, -0.15) is 4.40 Å². The van der Waals surface area contributed by atoms with Crippen LogP contribution in [0, 0.1) is 0 Å². The van der Waals surface area contributed by atoms with E-state index in [9.17, 15) is 9.90 Å². The van der Waals surface area contributed by atoms with E-state index in [1.165, 1.54) is 0 Å². The van der Waals surface area contributed by atoms with E-state index in [4.69, 9.17) is 9.47 Å². The summed E-state index contributed by atoms with van der Waals surface area (Å²) in [7, 11) is 3.17. The number of hydrogen-bond acceptors (Lipinski definition) is 5. The smallest absolute Gasteiger partial charge is 0.347 e. The average molecular weight is 484 g/mol. The highest BCUT2D eigenvalue weighted by Gasteiger charge is 2.28. The summed E-state index contributed by atoms with van der Waals surface area (Å²) in [5.74, 6) is 1.11. The van der Waals surface area contributed by atoms with Crippen molar-refractivity contribution in [2.24, 2.45) is 0 Å². The number of rotatable bonds is 6. The maximum atomic E-state index is 14.0. The first-order valence-corrected chi connectivity index (χ1v) is 12.1. The van der Waals surface area contributed by atoms with Crippen LogP contribution in [-0.2, 0) is 6.54 Å². The number of hydrogen-bond donors (Lipinski definition) is 1. The molecule has 0 bridgehead atoms. The fraction of sp³-hybridized carbons (Fsp3) is 0.143. The minimum atomic E-state index is -0.103. The number of imidazole rings is 1. The molecule has 0 saturated carbocycles. The van der Waals surface area contributed by atoms with Gasteiger partial charge in [0.15, 0.2) is 22.5 Å². The Labute approximate surface area is 205 Å². The zero-order valence-corrected chi connectivity index (χ0v) is 20.1. The number of nitrogens with zero attached hydrogens (tertiary/aromatic N) is 2. The molecule has 0 amide bonds. The van der Waals surface area contributed by atoms with Crippen LogP contribution < -0.4 is 19.6 Å². The van der Waals surface area contributed by atoms with Crippen molar-refractivity contribution in [3.8, 4) is 11.5 Å². The van der Waals surface area contributed by atoms with Crippen LogP contribution in [0.5, 0.6) is 11.5 Å². The number of aliphatic hydroxyl groups excluding tert-OH is 1. The molecule has 0 saturated heterocycles. The van der Waals surface area contributed by atoms with E-state index in [0.29, 0.717) is 28.9 Å². The molecule has 0 aliphatic rings. The Morgan fingerprint density at radius 3 is 2.37 bits per heavy atom. The summed E-state index contributed by atoms with van der Waals surface area (Å²) < 4.78 is 14.8. The predicted molar refractivity (Wildman–Crippen MR) is 138 cm³/mol. The van der Waals surface area contributed by atoms with Crippen molar-refractivity contribution < 1.29 is 19.1 Å². The standard InChI is InChI=1S/C28H23N2O4S/c1-33-23-15-21-22(16-24(23)34-2)30-27(29(21)13-14-31)19-10-6-9-18-25(35-17-7-4-3-5-8-17)12-11-20(26(18)19)28(30)32/h3-12,15-16,31H,13-14H2,1-2H3/q+1. The van der Waals surface area contributed by atoms with Gasteiger partial charge in [0.2, 0.25) is 0 Å². The van der Waals surface area contributed by atoms with Crippen LogP contribution >= 0.6 is 11.8 Å². The van der Waals surface area contributed by atoms with Gasteiger partial charge in [0.1, 0.15) is 6.54 Å². The number of aliphatic hydroxyl groups is 1. The van der Waals surface area contributed by atoms with Crippen LogP contribution in [0.4, 0.5) is 0 Å². The molecule has 0 atom stereocenters. The maximum Gasteiger partial charge on any atom is 0.347 e. The third kappa shape index (κ3) is 3.23. The van der Waals surface area contributed by atoms with E-state index < -0.39 is 0 Å². The molecule has 0 unspecified atom stereocenters. The summed E-state index contributed by atoms with van der Waals surface area (Å²) in [5.41, 5.74) is 2.15. The first-order chi connectivity index (χ1) is 17.2. The van der Waals surface area contributed by atoms with E-state index in [1.54, 1.807) is 30.4 Å². The first kappa shape index (κ1) is 21.7. The van der Waals surface area contributed by atoms with E-state index in [-0.39, 0.29) is 12.2 Å². The third-order valence-electron chi connectivity index (χ3n) is 6.45. The van der Waals surface area contributed by atoms with Crippen molar-refractivity contribution in [1.82, 2.24) is 4.40 Å². The average Bonchev–Trinajstić information content (AvgIpc) is 3.21. The normalized spacial score (nSPS) is 11.7. The molecule has 6 nitrogen and oxygen atoms in total. The van der Waals surface area contributed by atoms with Crippen LogP contribution in [0.1, 0.15) is 0 Å². The molecule has 7 heteroatoms. The molecule has 2 aromatic heterocycles. The Morgan fingerprint density at radius 2 is 1.63 bits per heavy atom. The highest BCUT2D eigenvalue weighted by atomic mass is 32.2. The van der Waals surface area contributed by atoms with E-state index in [2.05, 4.69) is 18.2 Å². The van der Waals surface area contributed by atoms with E-state index in [1.807, 2.05) is 59.2 Å². The second kappa shape index (κ2) is 8.45. The van der Waals surface area contributed by atoms with Gasteiger partial charge in [-0.05, 0) is 35.7 Å². The van der Waals surface area contributed by atoms with E-state index >= 15 is 0 Å². The van der Waals surface area contributed by atoms with Gasteiger partial charge in [-0.15, -0.1) is 0 Å². The summed E-state index contributed by atoms with van der Waals surface area (Å²) >= 11 is 1.68. The Kier molecular flexibility index (Phi) is 5.24. The van der Waals surface area contributed by atoms with Gasteiger partial charge in [0.25, 0.3) is 5.65 Å². The lowest BCUT2D eigenvalue weighted by Crippen LogP contribution is -2.36. The van der Waals surface area contributed by atoms with Crippen molar-refractivity contribution in [3.05, 3.63) is 83.2 Å². The first-order valence-electron chi connectivity index (χ1n) is 11.3. The molecule has 174 valence electrons. The molecule has 0 aliphatic carbocycles. The van der Waals surface area contributed by atoms with Gasteiger partial charge in [-0.1, -0.05) is 42.1 Å². The third-order valence-corrected chi connectivity index (χ3v) is 7.53. The molecule has 35 heavy (non-hydrogen) atoms. The quantitative estimate of drug-likeness (QED) is 0.350. The van der Waals surface area contributed by atoms with Crippen molar-refractivity contribution in [2.45, 2.75) is 16.3 Å². The molecule has 0 spiro atoms. The molecular weight excluding hydrogens is 460 g/mol. The number of methoxy groups -OCH3 is 2. The minimum Gasteiger partial charge on any atom is -0.493 e. The molecule has 6 aromatic rings. The summed E-state index contributed by atoms with van der Waals surface area (Å²) in [6.07, 6.45) is 0. The van der Waals surface area contributed by atoms with Crippen molar-refractivity contribution in [1.29, 1.82) is 0 Å². The highest BCUT2D eigenvalue weighted by Crippen LogP contribution is 2.39. The van der Waals surface area contributed by atoms with Gasteiger partial charge in [0, 0.05) is 27.3 Å². The molecule has 0 fully saturated rings. The Bertz CT molecular complexity index is 1780. The lowest BCUT2D eigenvalue weighted by atomic mass is 10.0. The molecular formula is C28H23N2O4S+. The molecule has 4 aromatic carbocycles. The van der Waals surface area contributed by atoms with Crippen molar-refractivity contribution in [3.63, 3.8) is 0 Å². The largest absolute Gasteiger partial charge is 0.493 e. The monoisotopic (exact) mass is 483 g/mol. The van der Waals surface area contributed by atoms with Crippen LogP contribution in [0.15, 0.2) is 87.4 Å². The van der Waals surface area contributed by atoms with Crippen LogP contribution in [0.2, 0.25) is 0 Å². The van der Waals surface area contributed by atoms with E-state index in [0.717, 1.165) is 37.1 Å². The number of pyridine rings is 1. The van der Waals surface area contributed by atoms with Crippen LogP contribution in [0.3, 0.4) is 0 Å². The molecule has 1 N–H and O–H groups in total. The van der Waals surface area contributed by atoms with Crippen molar-refractivity contribution in [2.75, 3.05) is 20.8 Å². The molecule has 2 heterocycles. The topological polar surface area (TPSA) is 64.0 Å². The lowest BCUT2D eigenvalue weighted by Gasteiger charge is -2.10. The van der Waals surface area contributed by atoms with Gasteiger partial charge >= 0.3 is 5.56 Å². The van der Waals surface area contributed by atoms with Crippen molar-refractivity contribution >= 4 is 50.0 Å². The van der Waals surface area contributed by atoms with Gasteiger partial charge in [-0.3, -0.25) is 0 Å². The second-order valence-corrected chi connectivity index (χ2v) is 9.41. The van der Waals surface area contributed by atoms with Crippen LogP contribution in [-0.4, -0.2) is 30.3 Å². The highest BCUT2D eigenvalue weighted by molar-refractivity contribution is 7.99. The lowest BCUT2D eigenvalue weighted by molar-refractivity contribution is -0.646. The Balaban J connectivity index is 1.77. The van der Waals surface area contributed by atoms with Crippen LogP contribution in [0.25, 0.3) is 38.2 Å². The summed E-state index contributed by atoms with van der Waals surface area (Å²) in [4.78, 5) is 16.2. The summed E-state index contributed by atoms with van der Waals surface area (Å²) in [6, 6.07) is 24.0.